The molecule has 1 aromatic rings. The van der Waals surface area contributed by atoms with Crippen LogP contribution in [0.2, 0.25) is 0 Å². The Morgan fingerprint density at radius 1 is 1.31 bits per heavy atom. The van der Waals surface area contributed by atoms with Gasteiger partial charge in [0.15, 0.2) is 0 Å². The van der Waals surface area contributed by atoms with Crippen LogP contribution in [0.3, 0.4) is 0 Å². The first-order chi connectivity index (χ1) is 7.54. The molecule has 0 aliphatic rings. The van der Waals surface area contributed by atoms with Gasteiger partial charge in [-0.3, -0.25) is 0 Å². The third-order valence-electron chi connectivity index (χ3n) is 1.62. The van der Waals surface area contributed by atoms with Crippen LogP contribution in [0, 0.1) is 0 Å². The molecule has 0 spiro atoms. The van der Waals surface area contributed by atoms with E-state index in [9.17, 15) is 13.2 Å². The van der Waals surface area contributed by atoms with Crippen molar-refractivity contribution in [1.82, 2.24) is 0 Å². The number of thioether (sulfide) groups is 1. The molecule has 0 bridgehead atoms. The van der Waals surface area contributed by atoms with Crippen LogP contribution in [-0.4, -0.2) is 12.8 Å². The van der Waals surface area contributed by atoms with Crippen LogP contribution in [0.1, 0.15) is 6.92 Å². The fourth-order valence-electron chi connectivity index (χ4n) is 0.959. The molecule has 0 aliphatic carbocycles. The number of halogens is 3. The van der Waals surface area contributed by atoms with E-state index in [0.29, 0.717) is 0 Å². The second-order valence-corrected chi connectivity index (χ2v) is 3.79. The van der Waals surface area contributed by atoms with Crippen LogP contribution >= 0.6 is 11.8 Å². The molecule has 0 aromatic heterocycles. The second kappa shape index (κ2) is 5.84. The maximum atomic E-state index is 12.4. The normalized spacial score (nSPS) is 12.6. The van der Waals surface area contributed by atoms with Gasteiger partial charge in [0.1, 0.15) is 0 Å². The van der Waals surface area contributed by atoms with E-state index >= 15 is 0 Å². The highest BCUT2D eigenvalue weighted by Gasteiger charge is 2.35. The van der Waals surface area contributed by atoms with Gasteiger partial charge in [-0.2, -0.15) is 13.2 Å². The minimum absolute atomic E-state index is 0.000688. The number of hydrogen-bond donors (Lipinski definition) is 0. The minimum Gasteiger partial charge on any atom is -0.489 e. The van der Waals surface area contributed by atoms with E-state index in [0.717, 1.165) is 22.1 Å². The van der Waals surface area contributed by atoms with Crippen molar-refractivity contribution in [1.29, 1.82) is 0 Å². The Balaban J connectivity index is 2.73. The third kappa shape index (κ3) is 4.18. The average molecular weight is 248 g/mol. The van der Waals surface area contributed by atoms with E-state index in [4.69, 9.17) is 0 Å². The van der Waals surface area contributed by atoms with Crippen molar-refractivity contribution in [2.45, 2.75) is 18.0 Å². The van der Waals surface area contributed by atoms with Crippen LogP contribution in [0.15, 0.2) is 46.4 Å². The predicted molar refractivity (Wildman–Crippen MR) is 58.1 cm³/mol. The summed E-state index contributed by atoms with van der Waals surface area (Å²) in [7, 11) is 0. The maximum Gasteiger partial charge on any atom is 0.449 e. The summed E-state index contributed by atoms with van der Waals surface area (Å²) in [6.07, 6.45) is -4.43. The van der Waals surface area contributed by atoms with E-state index in [1.807, 2.05) is 0 Å². The molecule has 0 amide bonds. The highest BCUT2D eigenvalue weighted by atomic mass is 32.2. The first-order valence-electron chi connectivity index (χ1n) is 4.66. The second-order valence-electron chi connectivity index (χ2n) is 2.84. The van der Waals surface area contributed by atoms with E-state index in [1.54, 1.807) is 30.3 Å². The molecule has 0 saturated carbocycles. The van der Waals surface area contributed by atoms with Gasteiger partial charge < -0.3 is 4.74 Å². The van der Waals surface area contributed by atoms with Crippen molar-refractivity contribution >= 4 is 11.8 Å². The van der Waals surface area contributed by atoms with Crippen LogP contribution in [0.5, 0.6) is 0 Å². The van der Waals surface area contributed by atoms with Gasteiger partial charge in [0.05, 0.1) is 6.61 Å². The highest BCUT2D eigenvalue weighted by molar-refractivity contribution is 8.02. The molecule has 0 heterocycles. The first-order valence-corrected chi connectivity index (χ1v) is 5.54. The fraction of sp³-hybridized carbons (Fsp3) is 0.273. The van der Waals surface area contributed by atoms with Gasteiger partial charge in [0.25, 0.3) is 0 Å². The molecule has 0 N–H and O–H groups in total. The summed E-state index contributed by atoms with van der Waals surface area (Å²) in [4.78, 5) is 0.740. The smallest absolute Gasteiger partial charge is 0.449 e. The number of benzene rings is 1. The number of ether oxygens (including phenoxy) is 1. The first kappa shape index (κ1) is 13.0. The molecule has 1 nitrogen and oxygen atoms in total. The van der Waals surface area contributed by atoms with Gasteiger partial charge in [-0.05, 0) is 19.1 Å². The number of hydrogen-bond acceptors (Lipinski definition) is 2. The maximum absolute atomic E-state index is 12.4. The molecular weight excluding hydrogens is 237 g/mol. The summed E-state index contributed by atoms with van der Waals surface area (Å²) >= 11 is 0.988. The zero-order valence-corrected chi connectivity index (χ0v) is 9.44. The van der Waals surface area contributed by atoms with Gasteiger partial charge in [0.2, 0.25) is 5.76 Å². The topological polar surface area (TPSA) is 9.23 Å². The van der Waals surface area contributed by atoms with Crippen LogP contribution in [-0.2, 0) is 4.74 Å². The van der Waals surface area contributed by atoms with Crippen molar-refractivity contribution < 1.29 is 17.9 Å². The number of allylic oxidation sites excluding steroid dienone is 1. The summed E-state index contributed by atoms with van der Waals surface area (Å²) in [5.74, 6) is -0.955. The standard InChI is InChI=1S/C11H11F3OS/c1-2-15-10(11(12,13)14)8-16-9-6-4-3-5-7-9/h3-8H,2H2,1H3/b10-8+. The molecule has 88 valence electrons. The molecule has 0 atom stereocenters. The highest BCUT2D eigenvalue weighted by Crippen LogP contribution is 2.30. The van der Waals surface area contributed by atoms with Crippen LogP contribution < -0.4 is 0 Å². The molecule has 16 heavy (non-hydrogen) atoms. The Kier molecular flexibility index (Phi) is 4.73. The summed E-state index contributed by atoms with van der Waals surface area (Å²) in [6, 6.07) is 8.82. The molecule has 1 aromatic carbocycles. The Labute approximate surface area is 96.3 Å². The Morgan fingerprint density at radius 3 is 2.44 bits per heavy atom. The minimum atomic E-state index is -4.43. The van der Waals surface area contributed by atoms with Crippen molar-refractivity contribution in [3.05, 3.63) is 41.5 Å². The lowest BCUT2D eigenvalue weighted by atomic mass is 10.4. The molecule has 0 aliphatic heterocycles. The van der Waals surface area contributed by atoms with Gasteiger partial charge in [-0.1, -0.05) is 30.0 Å². The molecule has 0 fully saturated rings. The molecule has 0 radical (unpaired) electrons. The third-order valence-corrected chi connectivity index (χ3v) is 2.50. The lowest BCUT2D eigenvalue weighted by molar-refractivity contribution is -0.129. The molecule has 5 heteroatoms. The lowest BCUT2D eigenvalue weighted by Gasteiger charge is -2.11. The fourth-order valence-corrected chi connectivity index (χ4v) is 1.72. The molecular formula is C11H11F3OS. The summed E-state index contributed by atoms with van der Waals surface area (Å²) in [6.45, 7) is 1.52. The zero-order chi connectivity index (χ0) is 12.0. The van der Waals surface area contributed by atoms with E-state index < -0.39 is 11.9 Å². The predicted octanol–water partition coefficient (Wildman–Crippen LogP) is 4.22. The Hall–Kier alpha value is -1.10. The Bertz CT molecular complexity index is 346. The van der Waals surface area contributed by atoms with Gasteiger partial charge in [-0.25, -0.2) is 0 Å². The van der Waals surface area contributed by atoms with Crippen molar-refractivity contribution in [2.75, 3.05) is 6.61 Å². The summed E-state index contributed by atoms with van der Waals surface area (Å²) in [5.41, 5.74) is 0. The van der Waals surface area contributed by atoms with E-state index in [2.05, 4.69) is 4.74 Å². The van der Waals surface area contributed by atoms with Crippen LogP contribution in [0.4, 0.5) is 13.2 Å². The number of alkyl halides is 3. The lowest BCUT2D eigenvalue weighted by Crippen LogP contribution is -2.14. The summed E-state index contributed by atoms with van der Waals surface area (Å²) in [5, 5.41) is 0.985. The molecule has 0 unspecified atom stereocenters. The monoisotopic (exact) mass is 248 g/mol. The SMILES string of the molecule is CCO/C(=C/Sc1ccccc1)C(F)(F)F. The quantitative estimate of drug-likeness (QED) is 0.583. The van der Waals surface area contributed by atoms with Gasteiger partial charge in [0, 0.05) is 10.3 Å². The van der Waals surface area contributed by atoms with Crippen molar-refractivity contribution in [3.8, 4) is 0 Å². The summed E-state index contributed by atoms with van der Waals surface area (Å²) < 4.78 is 41.8. The number of rotatable bonds is 4. The van der Waals surface area contributed by atoms with E-state index in [-0.39, 0.29) is 6.61 Å². The van der Waals surface area contributed by atoms with Crippen molar-refractivity contribution in [3.63, 3.8) is 0 Å². The Morgan fingerprint density at radius 2 is 1.94 bits per heavy atom. The van der Waals surface area contributed by atoms with Crippen LogP contribution in [0.25, 0.3) is 0 Å². The van der Waals surface area contributed by atoms with Crippen molar-refractivity contribution in [2.24, 2.45) is 0 Å². The van der Waals surface area contributed by atoms with E-state index in [1.165, 1.54) is 6.92 Å². The zero-order valence-electron chi connectivity index (χ0n) is 8.62. The average Bonchev–Trinajstić information content (AvgIpc) is 2.24. The molecule has 0 saturated heterocycles. The largest absolute Gasteiger partial charge is 0.489 e. The van der Waals surface area contributed by atoms with Gasteiger partial charge >= 0.3 is 6.18 Å². The molecule has 1 rings (SSSR count). The van der Waals surface area contributed by atoms with Gasteiger partial charge in [-0.15, -0.1) is 0 Å².